The van der Waals surface area contributed by atoms with Crippen LogP contribution in [0.3, 0.4) is 0 Å². The first kappa shape index (κ1) is 34.0. The zero-order valence-corrected chi connectivity index (χ0v) is 25.3. The Morgan fingerprint density at radius 3 is 1.98 bits per heavy atom. The van der Waals surface area contributed by atoms with E-state index in [0.29, 0.717) is 0 Å². The standard InChI is InChI=1S/C25H28N2O12S.Na/c1-14-7-18(15(2)16(24(14)36)8-26(9-20(28)29)10-21(30)31)25(13-27(11-22(32)33)12-23(34)35)17-5-3-4-6-19(17)39-40(25,37)38;/h3-7,36H,8-13H2,1-2H3,(H,28,29)(H,30,31)(H,32,33)(H,34,35);/q;+1/p-1. The van der Waals surface area contributed by atoms with Crippen LogP contribution in [-0.2, 0) is 40.6 Å². The van der Waals surface area contributed by atoms with Crippen molar-refractivity contribution in [1.29, 1.82) is 0 Å². The van der Waals surface area contributed by atoms with Gasteiger partial charge in [0, 0.05) is 30.8 Å². The van der Waals surface area contributed by atoms with Crippen molar-refractivity contribution in [3.05, 3.63) is 58.1 Å². The third-order valence-electron chi connectivity index (χ3n) is 6.52. The molecule has 1 unspecified atom stereocenters. The molecule has 0 saturated carbocycles. The Balaban J connectivity index is 0.00000588. The first-order valence-electron chi connectivity index (χ1n) is 11.7. The van der Waals surface area contributed by atoms with E-state index in [0.717, 1.165) is 9.80 Å². The zero-order chi connectivity index (χ0) is 30.0. The van der Waals surface area contributed by atoms with Gasteiger partial charge in [-0.15, -0.1) is 0 Å². The van der Waals surface area contributed by atoms with Gasteiger partial charge in [-0.2, -0.15) is 8.42 Å². The van der Waals surface area contributed by atoms with Crippen molar-refractivity contribution in [3.8, 4) is 11.5 Å². The van der Waals surface area contributed by atoms with Crippen molar-refractivity contribution >= 4 is 34.0 Å². The van der Waals surface area contributed by atoms with Crippen LogP contribution in [-0.4, -0.2) is 95.2 Å². The Labute approximate surface area is 257 Å². The monoisotopic (exact) mass is 602 g/mol. The van der Waals surface area contributed by atoms with Crippen molar-refractivity contribution < 1.29 is 86.9 Å². The number of benzene rings is 2. The summed E-state index contributed by atoms with van der Waals surface area (Å²) in [5.74, 6) is -6.17. The van der Waals surface area contributed by atoms with E-state index in [1.165, 1.54) is 44.2 Å². The normalized spacial score (nSPS) is 17.0. The summed E-state index contributed by atoms with van der Waals surface area (Å²) >= 11 is 0. The van der Waals surface area contributed by atoms with Crippen LogP contribution in [0.1, 0.15) is 27.8 Å². The third kappa shape index (κ3) is 7.17. The number of nitrogens with zero attached hydrogens (tertiary/aromatic N) is 2. The number of rotatable bonds is 13. The maximum absolute atomic E-state index is 13.8. The summed E-state index contributed by atoms with van der Waals surface area (Å²) in [5, 5.41) is 50.2. The van der Waals surface area contributed by atoms with Crippen LogP contribution in [0.4, 0.5) is 0 Å². The summed E-state index contributed by atoms with van der Waals surface area (Å²) in [6.45, 7) is -1.44. The second-order valence-corrected chi connectivity index (χ2v) is 11.2. The second kappa shape index (κ2) is 13.2. The summed E-state index contributed by atoms with van der Waals surface area (Å²) in [7, 11) is -4.68. The van der Waals surface area contributed by atoms with E-state index in [2.05, 4.69) is 0 Å². The van der Waals surface area contributed by atoms with E-state index in [1.807, 2.05) is 0 Å². The van der Waals surface area contributed by atoms with Gasteiger partial charge < -0.3 is 34.5 Å². The first-order chi connectivity index (χ1) is 18.6. The number of phenols is 1. The number of fused-ring (bicyclic) bond motifs is 1. The molecule has 3 rings (SSSR count). The minimum atomic E-state index is -4.68. The molecule has 16 heteroatoms. The summed E-state index contributed by atoms with van der Waals surface area (Å²) in [5.41, 5.74) is 0.367. The van der Waals surface area contributed by atoms with Crippen LogP contribution in [0, 0.1) is 13.8 Å². The molecule has 14 nitrogen and oxygen atoms in total. The minimum absolute atomic E-state index is 0. The van der Waals surface area contributed by atoms with Crippen LogP contribution >= 0.6 is 0 Å². The fraction of sp³-hybridized carbons (Fsp3) is 0.360. The van der Waals surface area contributed by atoms with Crippen molar-refractivity contribution in [1.82, 2.24) is 9.80 Å². The van der Waals surface area contributed by atoms with E-state index in [1.54, 1.807) is 0 Å². The first-order valence-corrected chi connectivity index (χ1v) is 13.2. The fourth-order valence-corrected chi connectivity index (χ4v) is 6.72. The van der Waals surface area contributed by atoms with Crippen LogP contribution in [0.2, 0.25) is 0 Å². The molecule has 2 aromatic carbocycles. The average Bonchev–Trinajstić information content (AvgIpc) is 3.03. The third-order valence-corrected chi connectivity index (χ3v) is 8.34. The molecule has 1 aliphatic rings. The molecule has 0 aliphatic carbocycles. The maximum atomic E-state index is 13.8. The second-order valence-electron chi connectivity index (χ2n) is 9.40. The molecule has 0 amide bonds. The van der Waals surface area contributed by atoms with Crippen LogP contribution in [0.25, 0.3) is 0 Å². The number of carboxylic acids is 4. The van der Waals surface area contributed by atoms with Gasteiger partial charge in [0.25, 0.3) is 0 Å². The van der Waals surface area contributed by atoms with Gasteiger partial charge in [0.15, 0.2) is 4.75 Å². The smallest absolute Gasteiger partial charge is 0.549 e. The summed E-state index contributed by atoms with van der Waals surface area (Å²) in [4.78, 5) is 47.6. The van der Waals surface area contributed by atoms with Crippen LogP contribution in [0.5, 0.6) is 11.5 Å². The Kier molecular flexibility index (Phi) is 10.9. The molecular formula is C25H27N2NaO12S. The zero-order valence-electron chi connectivity index (χ0n) is 22.5. The molecule has 1 aliphatic heterocycles. The molecule has 0 saturated heterocycles. The molecular weight excluding hydrogens is 575 g/mol. The van der Waals surface area contributed by atoms with Gasteiger partial charge in [0.1, 0.15) is 11.5 Å². The maximum Gasteiger partial charge on any atom is 1.00 e. The summed E-state index contributed by atoms with van der Waals surface area (Å²) < 4.78 is 30.8. The van der Waals surface area contributed by atoms with Gasteiger partial charge in [0.2, 0.25) is 0 Å². The van der Waals surface area contributed by atoms with Crippen molar-refractivity contribution in [2.24, 2.45) is 0 Å². The number of carbonyl (C=O) groups excluding carboxylic acids is 1. The number of hydrogen-bond acceptors (Lipinski definition) is 11. The van der Waals surface area contributed by atoms with Crippen molar-refractivity contribution in [2.45, 2.75) is 25.1 Å². The Morgan fingerprint density at radius 2 is 1.44 bits per heavy atom. The minimum Gasteiger partial charge on any atom is -0.549 e. The molecule has 0 spiro atoms. The number of phenolic OH excluding ortho intramolecular Hbond substituents is 1. The molecule has 1 heterocycles. The molecule has 1 atom stereocenters. The number of aryl methyl sites for hydroxylation is 1. The van der Waals surface area contributed by atoms with E-state index in [4.69, 9.17) is 4.18 Å². The topological polar surface area (TPSA) is 222 Å². The molecule has 0 bridgehead atoms. The molecule has 0 fully saturated rings. The summed E-state index contributed by atoms with van der Waals surface area (Å²) in [6, 6.07) is 7.20. The number of hydrogen-bond donors (Lipinski definition) is 4. The Morgan fingerprint density at radius 1 is 0.902 bits per heavy atom. The van der Waals surface area contributed by atoms with E-state index >= 15 is 0 Å². The predicted octanol–water partition coefficient (Wildman–Crippen LogP) is -3.91. The molecule has 0 radical (unpaired) electrons. The SMILES string of the molecule is Cc1cc(C2(CN(CC(=O)O)CC(=O)O)c3ccccc3OS2(=O)=O)c(C)c(CN(CC(=O)[O-])CC(=O)O)c1O.[Na+]. The van der Waals surface area contributed by atoms with E-state index < -0.39 is 78.0 Å². The predicted molar refractivity (Wildman–Crippen MR) is 134 cm³/mol. The van der Waals surface area contributed by atoms with Crippen molar-refractivity contribution in [3.63, 3.8) is 0 Å². The number of carboxylic acid groups (broad SMARTS) is 4. The number of aliphatic carboxylic acids is 4. The largest absolute Gasteiger partial charge is 1.00 e. The molecule has 2 aromatic rings. The van der Waals surface area contributed by atoms with Gasteiger partial charge in [-0.1, -0.05) is 24.3 Å². The fourth-order valence-electron chi connectivity index (χ4n) is 4.94. The Hall–Kier alpha value is -3.21. The van der Waals surface area contributed by atoms with Gasteiger partial charge in [-0.3, -0.25) is 24.2 Å². The van der Waals surface area contributed by atoms with Crippen LogP contribution in [0.15, 0.2) is 30.3 Å². The van der Waals surface area contributed by atoms with Gasteiger partial charge in [-0.05, 0) is 36.6 Å². The molecule has 216 valence electrons. The number of aromatic hydroxyl groups is 1. The molecule has 4 N–H and O–H groups in total. The average molecular weight is 603 g/mol. The van der Waals surface area contributed by atoms with Crippen molar-refractivity contribution in [2.75, 3.05) is 32.7 Å². The number of carbonyl (C=O) groups is 4. The Bertz CT molecular complexity index is 1450. The summed E-state index contributed by atoms with van der Waals surface area (Å²) in [6.07, 6.45) is 0. The van der Waals surface area contributed by atoms with Crippen LogP contribution < -0.4 is 38.8 Å². The number of para-hydroxylation sites is 1. The molecule has 41 heavy (non-hydrogen) atoms. The van der Waals surface area contributed by atoms with E-state index in [-0.39, 0.29) is 68.9 Å². The van der Waals surface area contributed by atoms with Gasteiger partial charge in [0.05, 0.1) is 25.6 Å². The van der Waals surface area contributed by atoms with E-state index in [9.17, 15) is 53.1 Å². The van der Waals surface area contributed by atoms with Gasteiger partial charge in [-0.25, -0.2) is 0 Å². The quantitative estimate of drug-likeness (QED) is 0.127. The molecule has 0 aromatic heterocycles. The van der Waals surface area contributed by atoms with Gasteiger partial charge >= 0.3 is 57.6 Å².